The molecule has 0 aliphatic carbocycles. The predicted octanol–water partition coefficient (Wildman–Crippen LogP) is 3.28. The number of carbonyl (C=O) groups excluding carboxylic acids is 1. The Labute approximate surface area is 123 Å². The van der Waals surface area contributed by atoms with Crippen molar-refractivity contribution in [2.45, 2.75) is 12.8 Å². The number of aryl methyl sites for hydroxylation is 1. The van der Waals surface area contributed by atoms with E-state index in [1.807, 2.05) is 18.2 Å². The van der Waals surface area contributed by atoms with Crippen molar-refractivity contribution in [3.63, 3.8) is 0 Å². The van der Waals surface area contributed by atoms with E-state index < -0.39 is 0 Å². The first kappa shape index (κ1) is 14.4. The molecule has 0 aliphatic rings. The Balaban J connectivity index is 1.82. The minimum Gasteiger partial charge on any atom is -0.399 e. The van der Waals surface area contributed by atoms with Gasteiger partial charge in [0.1, 0.15) is 0 Å². The number of rotatable bonds is 5. The van der Waals surface area contributed by atoms with Crippen LogP contribution in [-0.2, 0) is 6.42 Å². The summed E-state index contributed by atoms with van der Waals surface area (Å²) in [5.74, 6) is -0.185. The third kappa shape index (κ3) is 4.00. The number of hydrogen-bond acceptors (Lipinski definition) is 2. The number of nitrogens with two attached hydrogens (primary N) is 1. The molecule has 2 rings (SSSR count). The molecule has 0 atom stereocenters. The number of amides is 1. The van der Waals surface area contributed by atoms with Gasteiger partial charge in [-0.1, -0.05) is 41.9 Å². The van der Waals surface area contributed by atoms with Crippen LogP contribution in [0.4, 0.5) is 5.69 Å². The van der Waals surface area contributed by atoms with Gasteiger partial charge in [0.2, 0.25) is 0 Å². The van der Waals surface area contributed by atoms with Crippen molar-refractivity contribution in [2.75, 3.05) is 12.3 Å². The monoisotopic (exact) mass is 288 g/mol. The molecule has 2 aromatic carbocycles. The Hall–Kier alpha value is -2.00. The van der Waals surface area contributed by atoms with E-state index in [1.54, 1.807) is 18.2 Å². The Morgan fingerprint density at radius 1 is 1.15 bits per heavy atom. The van der Waals surface area contributed by atoms with Crippen molar-refractivity contribution in [3.8, 4) is 0 Å². The zero-order valence-corrected chi connectivity index (χ0v) is 11.9. The molecule has 0 radical (unpaired) electrons. The van der Waals surface area contributed by atoms with Gasteiger partial charge < -0.3 is 11.1 Å². The molecule has 3 N–H and O–H groups in total. The summed E-state index contributed by atoms with van der Waals surface area (Å²) in [6, 6.07) is 15.1. The average Bonchev–Trinajstić information content (AvgIpc) is 2.47. The molecule has 1 amide bonds. The molecular formula is C16H17ClN2O. The topological polar surface area (TPSA) is 55.1 Å². The largest absolute Gasteiger partial charge is 0.399 e. The molecule has 0 saturated carbocycles. The van der Waals surface area contributed by atoms with Gasteiger partial charge in [-0.05, 0) is 36.6 Å². The van der Waals surface area contributed by atoms with Crippen LogP contribution in [0.5, 0.6) is 0 Å². The third-order valence-electron chi connectivity index (χ3n) is 3.01. The van der Waals surface area contributed by atoms with Crippen molar-refractivity contribution in [2.24, 2.45) is 0 Å². The molecule has 0 bridgehead atoms. The summed E-state index contributed by atoms with van der Waals surface area (Å²) in [6.45, 7) is 0.610. The number of halogens is 1. The number of hydrogen-bond donors (Lipinski definition) is 2. The van der Waals surface area contributed by atoms with E-state index in [0.29, 0.717) is 22.8 Å². The molecule has 104 valence electrons. The van der Waals surface area contributed by atoms with Gasteiger partial charge in [0, 0.05) is 12.2 Å². The maximum absolute atomic E-state index is 12.0. The van der Waals surface area contributed by atoms with Crippen molar-refractivity contribution >= 4 is 23.2 Å². The smallest absolute Gasteiger partial charge is 0.252 e. The maximum Gasteiger partial charge on any atom is 0.252 e. The summed E-state index contributed by atoms with van der Waals surface area (Å²) in [5.41, 5.74) is 7.88. The summed E-state index contributed by atoms with van der Waals surface area (Å²) in [4.78, 5) is 12.0. The van der Waals surface area contributed by atoms with Crippen molar-refractivity contribution in [1.82, 2.24) is 5.32 Å². The maximum atomic E-state index is 12.0. The number of nitrogens with one attached hydrogen (secondary N) is 1. The zero-order valence-electron chi connectivity index (χ0n) is 11.1. The third-order valence-corrected chi connectivity index (χ3v) is 3.34. The van der Waals surface area contributed by atoms with Crippen molar-refractivity contribution in [1.29, 1.82) is 0 Å². The Bertz CT molecular complexity index is 584. The van der Waals surface area contributed by atoms with Crippen LogP contribution in [0.2, 0.25) is 5.02 Å². The minimum absolute atomic E-state index is 0.185. The lowest BCUT2D eigenvalue weighted by Crippen LogP contribution is -2.25. The first-order chi connectivity index (χ1) is 9.66. The van der Waals surface area contributed by atoms with Gasteiger partial charge in [0.05, 0.1) is 10.6 Å². The van der Waals surface area contributed by atoms with Crippen LogP contribution in [0.25, 0.3) is 0 Å². The number of benzene rings is 2. The van der Waals surface area contributed by atoms with Gasteiger partial charge in [-0.25, -0.2) is 0 Å². The average molecular weight is 289 g/mol. The summed E-state index contributed by atoms with van der Waals surface area (Å²) in [6.07, 6.45) is 1.82. The first-order valence-corrected chi connectivity index (χ1v) is 6.92. The molecule has 2 aromatic rings. The van der Waals surface area contributed by atoms with Crippen LogP contribution >= 0.6 is 11.6 Å². The molecule has 0 unspecified atom stereocenters. The summed E-state index contributed by atoms with van der Waals surface area (Å²) in [5, 5.41) is 3.27. The van der Waals surface area contributed by atoms with Gasteiger partial charge in [-0.3, -0.25) is 4.79 Å². The van der Waals surface area contributed by atoms with Gasteiger partial charge in [-0.15, -0.1) is 0 Å². The molecule has 0 aromatic heterocycles. The fraction of sp³-hybridized carbons (Fsp3) is 0.188. The Morgan fingerprint density at radius 2 is 1.90 bits per heavy atom. The van der Waals surface area contributed by atoms with E-state index >= 15 is 0 Å². The number of carbonyl (C=O) groups is 1. The molecule has 0 saturated heterocycles. The lowest BCUT2D eigenvalue weighted by molar-refractivity contribution is 0.0953. The Morgan fingerprint density at radius 3 is 2.65 bits per heavy atom. The molecule has 0 spiro atoms. The Kier molecular flexibility index (Phi) is 5.02. The van der Waals surface area contributed by atoms with Gasteiger partial charge >= 0.3 is 0 Å². The second-order valence-electron chi connectivity index (χ2n) is 4.58. The van der Waals surface area contributed by atoms with Crippen molar-refractivity contribution in [3.05, 3.63) is 64.7 Å². The van der Waals surface area contributed by atoms with E-state index in [0.717, 1.165) is 12.8 Å². The highest BCUT2D eigenvalue weighted by molar-refractivity contribution is 6.34. The fourth-order valence-electron chi connectivity index (χ4n) is 1.95. The standard InChI is InChI=1S/C16H17ClN2O/c17-15-9-8-13(18)11-14(15)16(20)19-10-4-7-12-5-2-1-3-6-12/h1-3,5-6,8-9,11H,4,7,10,18H2,(H,19,20). The number of nitrogen functional groups attached to an aromatic ring is 1. The van der Waals surface area contributed by atoms with E-state index in [-0.39, 0.29) is 5.91 Å². The van der Waals surface area contributed by atoms with Gasteiger partial charge in [-0.2, -0.15) is 0 Å². The molecule has 4 heteroatoms. The number of anilines is 1. The van der Waals surface area contributed by atoms with Crippen LogP contribution < -0.4 is 11.1 Å². The minimum atomic E-state index is -0.185. The predicted molar refractivity (Wildman–Crippen MR) is 83.0 cm³/mol. The lowest BCUT2D eigenvalue weighted by Gasteiger charge is -2.07. The highest BCUT2D eigenvalue weighted by Gasteiger charge is 2.09. The quantitative estimate of drug-likeness (QED) is 0.655. The van der Waals surface area contributed by atoms with E-state index in [4.69, 9.17) is 17.3 Å². The first-order valence-electron chi connectivity index (χ1n) is 6.54. The van der Waals surface area contributed by atoms with E-state index in [2.05, 4.69) is 17.4 Å². The molecule has 0 fully saturated rings. The summed E-state index contributed by atoms with van der Waals surface area (Å²) in [7, 11) is 0. The fourth-order valence-corrected chi connectivity index (χ4v) is 2.15. The highest BCUT2D eigenvalue weighted by Crippen LogP contribution is 2.18. The SMILES string of the molecule is Nc1ccc(Cl)c(C(=O)NCCCc2ccccc2)c1. The van der Waals surface area contributed by atoms with Crippen LogP contribution in [0.1, 0.15) is 22.3 Å². The van der Waals surface area contributed by atoms with E-state index in [9.17, 15) is 4.79 Å². The molecular weight excluding hydrogens is 272 g/mol. The highest BCUT2D eigenvalue weighted by atomic mass is 35.5. The second kappa shape index (κ2) is 6.96. The van der Waals surface area contributed by atoms with Crippen LogP contribution in [-0.4, -0.2) is 12.5 Å². The zero-order chi connectivity index (χ0) is 14.4. The summed E-state index contributed by atoms with van der Waals surface area (Å²) >= 11 is 5.98. The van der Waals surface area contributed by atoms with E-state index in [1.165, 1.54) is 5.56 Å². The molecule has 0 heterocycles. The van der Waals surface area contributed by atoms with Gasteiger partial charge in [0.25, 0.3) is 5.91 Å². The lowest BCUT2D eigenvalue weighted by atomic mass is 10.1. The summed E-state index contributed by atoms with van der Waals surface area (Å²) < 4.78 is 0. The van der Waals surface area contributed by atoms with Crippen molar-refractivity contribution < 1.29 is 4.79 Å². The van der Waals surface area contributed by atoms with Gasteiger partial charge in [0.15, 0.2) is 0 Å². The molecule has 0 aliphatic heterocycles. The van der Waals surface area contributed by atoms with Crippen LogP contribution in [0, 0.1) is 0 Å². The molecule has 20 heavy (non-hydrogen) atoms. The molecule has 3 nitrogen and oxygen atoms in total. The second-order valence-corrected chi connectivity index (χ2v) is 4.99. The van der Waals surface area contributed by atoms with Crippen LogP contribution in [0.15, 0.2) is 48.5 Å². The van der Waals surface area contributed by atoms with Crippen LogP contribution in [0.3, 0.4) is 0 Å². The normalized spacial score (nSPS) is 10.2.